The van der Waals surface area contributed by atoms with Crippen molar-refractivity contribution in [1.29, 1.82) is 0 Å². The molecule has 0 fully saturated rings. The fourth-order valence-corrected chi connectivity index (χ4v) is 3.93. The smallest absolute Gasteiger partial charge is 0.311 e. The zero-order valence-corrected chi connectivity index (χ0v) is 22.0. The Balaban J connectivity index is 1.98. The number of rotatable bonds is 21. The summed E-state index contributed by atoms with van der Waals surface area (Å²) in [6.45, 7) is 2.69. The molecule has 0 aliphatic carbocycles. The maximum atomic E-state index is 13.5. The van der Waals surface area contributed by atoms with Crippen molar-refractivity contribution in [3.63, 3.8) is 0 Å². The van der Waals surface area contributed by atoms with Crippen molar-refractivity contribution < 1.29 is 41.0 Å². The molecule has 4 nitrogen and oxygen atoms in total. The predicted molar refractivity (Wildman–Crippen MR) is 132 cm³/mol. The summed E-state index contributed by atoms with van der Waals surface area (Å²) in [5.74, 6) is -13.8. The second-order valence-corrected chi connectivity index (χ2v) is 9.40. The molecule has 0 saturated carbocycles. The van der Waals surface area contributed by atoms with Gasteiger partial charge in [0.1, 0.15) is 0 Å². The van der Waals surface area contributed by atoms with Gasteiger partial charge in [0.25, 0.3) is 0 Å². The molecule has 0 radical (unpaired) electrons. The van der Waals surface area contributed by atoms with Crippen molar-refractivity contribution in [2.24, 2.45) is 0 Å². The summed E-state index contributed by atoms with van der Waals surface area (Å²) < 4.78 is 76.0. The first-order valence-electron chi connectivity index (χ1n) is 13.7. The summed E-state index contributed by atoms with van der Waals surface area (Å²) in [4.78, 5) is 23.5. The lowest BCUT2D eigenvalue weighted by Crippen LogP contribution is -2.13. The molecule has 212 valence electrons. The van der Waals surface area contributed by atoms with E-state index in [-0.39, 0.29) is 12.4 Å². The van der Waals surface area contributed by atoms with E-state index >= 15 is 0 Å². The number of carbonyl (C=O) groups is 2. The fourth-order valence-electron chi connectivity index (χ4n) is 3.93. The van der Waals surface area contributed by atoms with Gasteiger partial charge in [-0.15, -0.1) is 0 Å². The molecule has 0 bridgehead atoms. The largest absolute Gasteiger partial charge is 0.466 e. The molecule has 0 saturated heterocycles. The minimum atomic E-state index is -2.31. The Labute approximate surface area is 217 Å². The highest BCUT2D eigenvalue weighted by Crippen LogP contribution is 2.29. The van der Waals surface area contributed by atoms with Crippen LogP contribution in [0.5, 0.6) is 5.75 Å². The van der Waals surface area contributed by atoms with Crippen molar-refractivity contribution >= 4 is 11.9 Å². The van der Waals surface area contributed by atoms with Crippen molar-refractivity contribution in [2.75, 3.05) is 6.61 Å². The Morgan fingerprint density at radius 3 is 1.38 bits per heavy atom. The number of halogens is 5. The number of hydrogen-bond acceptors (Lipinski definition) is 4. The Morgan fingerprint density at radius 1 is 0.514 bits per heavy atom. The zero-order valence-electron chi connectivity index (χ0n) is 22.0. The molecule has 0 unspecified atom stereocenters. The first-order chi connectivity index (χ1) is 17.8. The van der Waals surface area contributed by atoms with Gasteiger partial charge in [-0.2, -0.15) is 8.78 Å². The van der Waals surface area contributed by atoms with E-state index in [9.17, 15) is 31.5 Å². The van der Waals surface area contributed by atoms with Crippen LogP contribution in [0.1, 0.15) is 122 Å². The molecule has 1 rings (SSSR count). The number of ether oxygens (including phenoxy) is 2. The molecule has 0 aliphatic rings. The standard InChI is InChI=1S/C28H41F5O4/c1-2-3-4-5-6-7-8-11-14-17-20-36-21(34)18-15-12-9-10-13-16-19-22(35)37-28-26(32)24(30)23(29)25(31)27(28)33/h2-20H2,1H3. The van der Waals surface area contributed by atoms with Crippen LogP contribution in [-0.2, 0) is 14.3 Å². The zero-order chi connectivity index (χ0) is 27.5. The number of unbranched alkanes of at least 4 members (excludes halogenated alkanes) is 14. The minimum absolute atomic E-state index is 0.188. The summed E-state index contributed by atoms with van der Waals surface area (Å²) in [6.07, 6.45) is 16.5. The van der Waals surface area contributed by atoms with Crippen molar-refractivity contribution in [3.05, 3.63) is 29.1 Å². The topological polar surface area (TPSA) is 52.6 Å². The highest BCUT2D eigenvalue weighted by molar-refractivity contribution is 5.72. The van der Waals surface area contributed by atoms with Gasteiger partial charge in [0, 0.05) is 12.8 Å². The van der Waals surface area contributed by atoms with Crippen molar-refractivity contribution in [1.82, 2.24) is 0 Å². The highest BCUT2D eigenvalue weighted by atomic mass is 19.2. The lowest BCUT2D eigenvalue weighted by molar-refractivity contribution is -0.144. The number of benzene rings is 1. The molecule has 0 heterocycles. The first-order valence-corrected chi connectivity index (χ1v) is 13.7. The van der Waals surface area contributed by atoms with Gasteiger partial charge in [0.05, 0.1) is 6.61 Å². The number of carbonyl (C=O) groups excluding carboxylic acids is 2. The third-order valence-corrected chi connectivity index (χ3v) is 6.16. The maximum Gasteiger partial charge on any atom is 0.311 e. The molecule has 0 aliphatic heterocycles. The molecule has 1 aromatic rings. The molecular formula is C28H41F5O4. The van der Waals surface area contributed by atoms with Crippen LogP contribution >= 0.6 is 0 Å². The summed E-state index contributed by atoms with van der Waals surface area (Å²) in [5.41, 5.74) is 0. The third-order valence-electron chi connectivity index (χ3n) is 6.16. The van der Waals surface area contributed by atoms with E-state index in [4.69, 9.17) is 4.74 Å². The van der Waals surface area contributed by atoms with Crippen LogP contribution in [0, 0.1) is 29.1 Å². The molecule has 1 aromatic carbocycles. The second-order valence-electron chi connectivity index (χ2n) is 9.40. The van der Waals surface area contributed by atoms with E-state index < -0.39 is 40.8 Å². The molecule has 0 atom stereocenters. The molecule has 37 heavy (non-hydrogen) atoms. The van der Waals surface area contributed by atoms with E-state index in [1.165, 1.54) is 51.4 Å². The maximum absolute atomic E-state index is 13.5. The van der Waals surface area contributed by atoms with Crippen molar-refractivity contribution in [2.45, 2.75) is 122 Å². The van der Waals surface area contributed by atoms with Crippen LogP contribution in [0.3, 0.4) is 0 Å². The number of hydrogen-bond donors (Lipinski definition) is 0. The fraction of sp³-hybridized carbons (Fsp3) is 0.714. The average Bonchev–Trinajstić information content (AvgIpc) is 2.89. The SMILES string of the molecule is CCCCCCCCCCCCOC(=O)CCCCCCCCC(=O)Oc1c(F)c(F)c(F)c(F)c1F. The lowest BCUT2D eigenvalue weighted by Gasteiger charge is -2.08. The van der Waals surface area contributed by atoms with Gasteiger partial charge in [0.2, 0.25) is 34.8 Å². The Hall–Kier alpha value is -2.19. The molecular weight excluding hydrogens is 495 g/mol. The van der Waals surface area contributed by atoms with E-state index in [0.29, 0.717) is 32.3 Å². The lowest BCUT2D eigenvalue weighted by atomic mass is 10.1. The van der Waals surface area contributed by atoms with Gasteiger partial charge in [-0.25, -0.2) is 13.2 Å². The normalized spacial score (nSPS) is 11.1. The Morgan fingerprint density at radius 2 is 0.892 bits per heavy atom. The quantitative estimate of drug-likeness (QED) is 0.0393. The average molecular weight is 537 g/mol. The summed E-state index contributed by atoms with van der Waals surface area (Å²) in [6, 6.07) is 0. The summed E-state index contributed by atoms with van der Waals surface area (Å²) >= 11 is 0. The van der Waals surface area contributed by atoms with Gasteiger partial charge in [-0.1, -0.05) is 90.4 Å². The molecule has 0 spiro atoms. The van der Waals surface area contributed by atoms with Crippen LogP contribution in [0.25, 0.3) is 0 Å². The first kappa shape index (κ1) is 32.8. The predicted octanol–water partition coefficient (Wildman–Crippen LogP) is 8.87. The van der Waals surface area contributed by atoms with Crippen LogP contribution in [0.15, 0.2) is 0 Å². The van der Waals surface area contributed by atoms with Crippen LogP contribution in [-0.4, -0.2) is 18.5 Å². The van der Waals surface area contributed by atoms with E-state index in [1.807, 2.05) is 0 Å². The Kier molecular flexibility index (Phi) is 17.6. The third kappa shape index (κ3) is 13.8. The molecule has 0 aromatic heterocycles. The molecule has 0 N–H and O–H groups in total. The highest BCUT2D eigenvalue weighted by Gasteiger charge is 2.28. The van der Waals surface area contributed by atoms with Gasteiger partial charge in [-0.3, -0.25) is 9.59 Å². The van der Waals surface area contributed by atoms with Crippen molar-refractivity contribution in [3.8, 4) is 5.75 Å². The van der Waals surface area contributed by atoms with E-state index in [1.54, 1.807) is 0 Å². The van der Waals surface area contributed by atoms with Crippen LogP contribution in [0.2, 0.25) is 0 Å². The van der Waals surface area contributed by atoms with Gasteiger partial charge >= 0.3 is 11.9 Å². The Bertz CT molecular complexity index is 787. The van der Waals surface area contributed by atoms with Gasteiger partial charge < -0.3 is 9.47 Å². The van der Waals surface area contributed by atoms with Crippen LogP contribution < -0.4 is 4.74 Å². The van der Waals surface area contributed by atoms with Gasteiger partial charge in [0.15, 0.2) is 0 Å². The monoisotopic (exact) mass is 536 g/mol. The summed E-state index contributed by atoms with van der Waals surface area (Å²) in [7, 11) is 0. The molecule has 0 amide bonds. The van der Waals surface area contributed by atoms with E-state index in [0.717, 1.165) is 32.1 Å². The minimum Gasteiger partial charge on any atom is -0.466 e. The van der Waals surface area contributed by atoms with E-state index in [2.05, 4.69) is 11.7 Å². The molecule has 9 heteroatoms. The number of esters is 2. The van der Waals surface area contributed by atoms with Crippen LogP contribution in [0.4, 0.5) is 22.0 Å². The summed E-state index contributed by atoms with van der Waals surface area (Å²) in [5, 5.41) is 0. The second kappa shape index (κ2) is 19.9. The van der Waals surface area contributed by atoms with Gasteiger partial charge in [-0.05, 0) is 19.3 Å².